The number of nitrogens with one attached hydrogen (secondary N) is 1. The summed E-state index contributed by atoms with van der Waals surface area (Å²) in [6.45, 7) is 4.83. The first kappa shape index (κ1) is 74.1. The Hall–Kier alpha value is -1.92. The summed E-state index contributed by atoms with van der Waals surface area (Å²) in [5, 5.41) is 23.0. The van der Waals surface area contributed by atoms with Crippen molar-refractivity contribution in [1.29, 1.82) is 0 Å². The average Bonchev–Trinajstić information content (AvgIpc) is 3.42. The van der Waals surface area contributed by atoms with Crippen LogP contribution < -0.4 is 5.32 Å². The molecule has 3 N–H and O–H groups in total. The zero-order chi connectivity index (χ0) is 55.0. The maximum atomic E-state index is 12.4. The monoisotopic (exact) mass is 1070 g/mol. The summed E-state index contributed by atoms with van der Waals surface area (Å²) < 4.78 is 5.48. The average molecular weight is 1070 g/mol. The van der Waals surface area contributed by atoms with Gasteiger partial charge in [-0.05, 0) is 57.8 Å². The number of aliphatic hydroxyl groups excluding tert-OH is 2. The molecular formula is C70H133NO5. The lowest BCUT2D eigenvalue weighted by molar-refractivity contribution is -0.143. The fourth-order valence-electron chi connectivity index (χ4n) is 10.7. The largest absolute Gasteiger partial charge is 0.466 e. The Kier molecular flexibility index (Phi) is 63.9. The number of amides is 1. The second kappa shape index (κ2) is 65.6. The van der Waals surface area contributed by atoms with Crippen molar-refractivity contribution in [3.63, 3.8) is 0 Å². The van der Waals surface area contributed by atoms with Crippen molar-refractivity contribution in [3.05, 3.63) is 36.5 Å². The molecule has 1 amide bonds. The number of carbonyl (C=O) groups excluding carboxylic acids is 2. The van der Waals surface area contributed by atoms with Gasteiger partial charge >= 0.3 is 5.97 Å². The molecular weight excluding hydrogens is 935 g/mol. The molecule has 0 saturated heterocycles. The van der Waals surface area contributed by atoms with Crippen molar-refractivity contribution < 1.29 is 24.5 Å². The zero-order valence-corrected chi connectivity index (χ0v) is 51.3. The summed E-state index contributed by atoms with van der Waals surface area (Å²) in [4.78, 5) is 24.4. The number of unbranched alkanes of at least 4 members (excludes halogenated alkanes) is 49. The summed E-state index contributed by atoms with van der Waals surface area (Å²) >= 11 is 0. The van der Waals surface area contributed by atoms with E-state index < -0.39 is 12.1 Å². The third-order valence-corrected chi connectivity index (χ3v) is 15.9. The lowest BCUT2D eigenvalue weighted by Gasteiger charge is -2.20. The third-order valence-electron chi connectivity index (χ3n) is 15.9. The Morgan fingerprint density at radius 2 is 0.684 bits per heavy atom. The summed E-state index contributed by atoms with van der Waals surface area (Å²) in [5.74, 6) is -0.0561. The van der Waals surface area contributed by atoms with Crippen LogP contribution in [0.1, 0.15) is 373 Å². The first-order valence-electron chi connectivity index (χ1n) is 34.3. The van der Waals surface area contributed by atoms with Gasteiger partial charge in [-0.15, -0.1) is 0 Å². The van der Waals surface area contributed by atoms with Crippen molar-refractivity contribution in [1.82, 2.24) is 5.32 Å². The maximum absolute atomic E-state index is 12.4. The molecule has 0 rings (SSSR count). The van der Waals surface area contributed by atoms with Crippen LogP contribution in [0, 0.1) is 0 Å². The van der Waals surface area contributed by atoms with Gasteiger partial charge in [-0.3, -0.25) is 9.59 Å². The SMILES string of the molecule is CCC/C=C\C/C=C\CCCCCCCC(=O)OCCCCCCCCCCCCCCCCCCCCCCCCCCCCCCCCCCCCCCCC(=O)NC(CO)C(O)/C=C/CCCCCCCCC. The van der Waals surface area contributed by atoms with Gasteiger partial charge in [0.1, 0.15) is 0 Å². The van der Waals surface area contributed by atoms with Crippen molar-refractivity contribution in [2.45, 2.75) is 386 Å². The van der Waals surface area contributed by atoms with Crippen molar-refractivity contribution in [3.8, 4) is 0 Å². The van der Waals surface area contributed by atoms with Crippen LogP contribution in [0.4, 0.5) is 0 Å². The molecule has 0 aliphatic rings. The molecule has 0 aromatic rings. The minimum atomic E-state index is -0.838. The van der Waals surface area contributed by atoms with Gasteiger partial charge in [0.05, 0.1) is 25.4 Å². The van der Waals surface area contributed by atoms with Gasteiger partial charge in [-0.1, -0.05) is 339 Å². The molecule has 2 atom stereocenters. The Balaban J connectivity index is 3.28. The fraction of sp³-hybridized carbons (Fsp3) is 0.886. The zero-order valence-electron chi connectivity index (χ0n) is 51.3. The molecule has 0 fully saturated rings. The molecule has 0 aliphatic carbocycles. The van der Waals surface area contributed by atoms with E-state index in [0.717, 1.165) is 51.4 Å². The number of allylic oxidation sites excluding steroid dienone is 5. The molecule has 0 bridgehead atoms. The quantitative estimate of drug-likeness (QED) is 0.0320. The second-order valence-corrected chi connectivity index (χ2v) is 23.5. The highest BCUT2D eigenvalue weighted by Crippen LogP contribution is 2.19. The summed E-state index contributed by atoms with van der Waals surface area (Å²) in [5.41, 5.74) is 0. The van der Waals surface area contributed by atoms with Gasteiger partial charge in [0, 0.05) is 12.8 Å². The summed E-state index contributed by atoms with van der Waals surface area (Å²) in [6.07, 6.45) is 84.0. The summed E-state index contributed by atoms with van der Waals surface area (Å²) in [6, 6.07) is -0.621. The molecule has 6 heteroatoms. The smallest absolute Gasteiger partial charge is 0.305 e. The lowest BCUT2D eigenvalue weighted by Crippen LogP contribution is -2.45. The van der Waals surface area contributed by atoms with Crippen LogP contribution in [0.3, 0.4) is 0 Å². The maximum Gasteiger partial charge on any atom is 0.305 e. The molecule has 0 saturated carbocycles. The van der Waals surface area contributed by atoms with E-state index in [1.165, 1.54) is 295 Å². The molecule has 0 heterocycles. The number of carbonyl (C=O) groups is 2. The van der Waals surface area contributed by atoms with Gasteiger partial charge in [-0.2, -0.15) is 0 Å². The number of ether oxygens (including phenoxy) is 1. The van der Waals surface area contributed by atoms with Crippen LogP contribution in [0.2, 0.25) is 0 Å². The van der Waals surface area contributed by atoms with Crippen LogP contribution in [0.15, 0.2) is 36.5 Å². The molecule has 6 nitrogen and oxygen atoms in total. The Bertz CT molecular complexity index is 1230. The van der Waals surface area contributed by atoms with E-state index in [0.29, 0.717) is 19.4 Å². The van der Waals surface area contributed by atoms with Crippen LogP contribution in [0.25, 0.3) is 0 Å². The van der Waals surface area contributed by atoms with Crippen LogP contribution in [-0.4, -0.2) is 47.4 Å². The Labute approximate surface area is 474 Å². The minimum absolute atomic E-state index is 0.00772. The highest BCUT2D eigenvalue weighted by Gasteiger charge is 2.18. The van der Waals surface area contributed by atoms with Crippen LogP contribution in [0.5, 0.6) is 0 Å². The highest BCUT2D eigenvalue weighted by molar-refractivity contribution is 5.76. The second-order valence-electron chi connectivity index (χ2n) is 23.5. The topological polar surface area (TPSA) is 95.9 Å². The lowest BCUT2D eigenvalue weighted by atomic mass is 10.0. The third kappa shape index (κ3) is 61.3. The highest BCUT2D eigenvalue weighted by atomic mass is 16.5. The standard InChI is InChI=1S/C70H133NO5/c1-3-5-7-9-11-13-14-40-44-48-52-56-60-64-70(75)76-65-61-57-53-49-45-42-39-37-35-33-31-29-27-25-23-21-19-17-15-16-18-20-22-24-26-28-30-32-34-36-38-41-43-47-51-55-59-63-69(74)71-67(66-72)68(73)62-58-54-50-46-12-10-8-6-4-2/h7,9,13-14,58,62,67-68,72-73H,3-6,8,10-12,15-57,59-61,63-66H2,1-2H3,(H,71,74)/b9-7-,14-13-,62-58+. The van der Waals surface area contributed by atoms with E-state index in [-0.39, 0.29) is 18.5 Å². The molecule has 76 heavy (non-hydrogen) atoms. The predicted octanol–water partition coefficient (Wildman–Crippen LogP) is 21.9. The fourth-order valence-corrected chi connectivity index (χ4v) is 10.7. The normalized spacial score (nSPS) is 12.7. The molecule has 0 radical (unpaired) electrons. The summed E-state index contributed by atoms with van der Waals surface area (Å²) in [7, 11) is 0. The first-order valence-corrected chi connectivity index (χ1v) is 34.3. The Morgan fingerprint density at radius 3 is 1.05 bits per heavy atom. The van der Waals surface area contributed by atoms with Gasteiger partial charge in [0.15, 0.2) is 0 Å². The van der Waals surface area contributed by atoms with Gasteiger partial charge in [0.2, 0.25) is 5.91 Å². The van der Waals surface area contributed by atoms with Gasteiger partial charge in [0.25, 0.3) is 0 Å². The number of hydrogen-bond acceptors (Lipinski definition) is 5. The molecule has 0 aromatic heterocycles. The molecule has 2 unspecified atom stereocenters. The number of esters is 1. The number of aliphatic hydroxyl groups is 2. The van der Waals surface area contributed by atoms with Crippen molar-refractivity contribution in [2.24, 2.45) is 0 Å². The number of rotatable bonds is 64. The molecule has 0 spiro atoms. The van der Waals surface area contributed by atoms with Crippen molar-refractivity contribution in [2.75, 3.05) is 13.2 Å². The van der Waals surface area contributed by atoms with E-state index in [1.807, 2.05) is 6.08 Å². The van der Waals surface area contributed by atoms with Crippen LogP contribution in [-0.2, 0) is 14.3 Å². The Morgan fingerprint density at radius 1 is 0.368 bits per heavy atom. The van der Waals surface area contributed by atoms with Gasteiger partial charge < -0.3 is 20.3 Å². The molecule has 448 valence electrons. The van der Waals surface area contributed by atoms with E-state index in [4.69, 9.17) is 4.74 Å². The first-order chi connectivity index (χ1) is 37.5. The van der Waals surface area contributed by atoms with E-state index in [1.54, 1.807) is 6.08 Å². The molecule has 0 aromatic carbocycles. The molecule has 0 aliphatic heterocycles. The minimum Gasteiger partial charge on any atom is -0.466 e. The van der Waals surface area contributed by atoms with E-state index in [2.05, 4.69) is 43.5 Å². The predicted molar refractivity (Wildman–Crippen MR) is 333 cm³/mol. The van der Waals surface area contributed by atoms with E-state index >= 15 is 0 Å². The van der Waals surface area contributed by atoms with Gasteiger partial charge in [-0.25, -0.2) is 0 Å². The van der Waals surface area contributed by atoms with E-state index in [9.17, 15) is 19.8 Å². The van der Waals surface area contributed by atoms with Crippen LogP contribution >= 0.6 is 0 Å². The van der Waals surface area contributed by atoms with Crippen molar-refractivity contribution >= 4 is 11.9 Å². The number of hydrogen-bond donors (Lipinski definition) is 3.